The molecule has 9 heteroatoms. The molecular weight excluding hydrogens is 419 g/mol. The first kappa shape index (κ1) is 20.9. The highest BCUT2D eigenvalue weighted by Crippen LogP contribution is 2.58. The van der Waals surface area contributed by atoms with Gasteiger partial charge in [-0.05, 0) is 48.9 Å². The summed E-state index contributed by atoms with van der Waals surface area (Å²) >= 11 is 0. The predicted molar refractivity (Wildman–Crippen MR) is 115 cm³/mol. The lowest BCUT2D eigenvalue weighted by Gasteiger charge is -2.25. The highest BCUT2D eigenvalue weighted by molar-refractivity contribution is 5.95. The van der Waals surface area contributed by atoms with Crippen LogP contribution in [-0.2, 0) is 11.8 Å². The van der Waals surface area contributed by atoms with Crippen molar-refractivity contribution in [2.45, 2.75) is 25.4 Å². The number of nitrogens with zero attached hydrogens (tertiary/aromatic N) is 4. The number of benzene rings is 1. The van der Waals surface area contributed by atoms with Crippen LogP contribution in [0.1, 0.15) is 19.3 Å². The fourth-order valence-electron chi connectivity index (χ4n) is 4.49. The molecule has 2 fully saturated rings. The summed E-state index contributed by atoms with van der Waals surface area (Å²) < 4.78 is 41.5. The first-order chi connectivity index (χ1) is 15.2. The van der Waals surface area contributed by atoms with Gasteiger partial charge in [0.25, 0.3) is 0 Å². The Hall–Kier alpha value is -2.94. The van der Waals surface area contributed by atoms with E-state index in [0.29, 0.717) is 25.3 Å². The number of hydrogen-bond donors (Lipinski definition) is 1. The minimum absolute atomic E-state index is 0.00831. The number of fused-ring (bicyclic) bond motifs is 1. The molecule has 1 N–H and O–H groups in total. The number of likely N-dealkylation sites (tertiary alicyclic amines) is 1. The molecule has 168 valence electrons. The van der Waals surface area contributed by atoms with Crippen LogP contribution in [0.2, 0.25) is 0 Å². The fraction of sp³-hybridized carbons (Fsp3) is 0.435. The van der Waals surface area contributed by atoms with Gasteiger partial charge in [0, 0.05) is 43.5 Å². The minimum atomic E-state index is -4.17. The number of pyridine rings is 1. The zero-order chi connectivity index (χ0) is 22.5. The van der Waals surface area contributed by atoms with Crippen LogP contribution < -0.4 is 5.32 Å². The van der Waals surface area contributed by atoms with Crippen LogP contribution in [0.15, 0.2) is 42.9 Å². The summed E-state index contributed by atoms with van der Waals surface area (Å²) in [5, 5.41) is 8.94. The third kappa shape index (κ3) is 3.97. The van der Waals surface area contributed by atoms with Gasteiger partial charge in [0.15, 0.2) is 0 Å². The molecule has 3 heterocycles. The molecule has 1 saturated heterocycles. The molecule has 1 aliphatic carbocycles. The number of amides is 1. The molecule has 1 amide bonds. The molecule has 1 aliphatic heterocycles. The molecule has 5 rings (SSSR count). The van der Waals surface area contributed by atoms with Gasteiger partial charge in [-0.25, -0.2) is 4.98 Å². The summed E-state index contributed by atoms with van der Waals surface area (Å²) in [7, 11) is 1.86. The van der Waals surface area contributed by atoms with Crippen LogP contribution in [0.5, 0.6) is 0 Å². The smallest absolute Gasteiger partial charge is 0.310 e. The molecule has 0 spiro atoms. The normalized spacial score (nSPS) is 20.6. The Bertz CT molecular complexity index is 1170. The van der Waals surface area contributed by atoms with Crippen molar-refractivity contribution < 1.29 is 18.0 Å². The van der Waals surface area contributed by atoms with Crippen molar-refractivity contribution in [3.63, 3.8) is 0 Å². The molecule has 6 nitrogen and oxygen atoms in total. The largest absolute Gasteiger partial charge is 0.395 e. The average molecular weight is 443 g/mol. The van der Waals surface area contributed by atoms with Crippen LogP contribution in [0.3, 0.4) is 0 Å². The van der Waals surface area contributed by atoms with Gasteiger partial charge in [0.1, 0.15) is 5.82 Å². The average Bonchev–Trinajstić information content (AvgIpc) is 3.18. The SMILES string of the molecule is Cn1cc(-c2ccc3cnc(NC(=O)C4CCN(CC5(C(F)(F)F)CC5)C4)cc3c2)cn1. The van der Waals surface area contributed by atoms with E-state index in [1.165, 1.54) is 0 Å². The molecule has 1 atom stereocenters. The fourth-order valence-corrected chi connectivity index (χ4v) is 4.49. The highest BCUT2D eigenvalue weighted by atomic mass is 19.4. The first-order valence-electron chi connectivity index (χ1n) is 10.7. The number of rotatable bonds is 5. The lowest BCUT2D eigenvalue weighted by molar-refractivity contribution is -0.191. The van der Waals surface area contributed by atoms with Crippen LogP contribution in [0, 0.1) is 11.3 Å². The summed E-state index contributed by atoms with van der Waals surface area (Å²) in [5.41, 5.74) is 0.443. The summed E-state index contributed by atoms with van der Waals surface area (Å²) in [6.45, 7) is 0.851. The van der Waals surface area contributed by atoms with E-state index in [1.54, 1.807) is 22.0 Å². The summed E-state index contributed by atoms with van der Waals surface area (Å²) in [4.78, 5) is 18.9. The van der Waals surface area contributed by atoms with E-state index in [-0.39, 0.29) is 31.2 Å². The molecule has 32 heavy (non-hydrogen) atoms. The number of carbonyl (C=O) groups excluding carboxylic acids is 1. The molecular formula is C23H24F3N5O. The number of halogens is 3. The Balaban J connectivity index is 1.25. The number of nitrogens with one attached hydrogen (secondary N) is 1. The van der Waals surface area contributed by atoms with E-state index in [2.05, 4.69) is 15.4 Å². The molecule has 0 radical (unpaired) electrons. The van der Waals surface area contributed by atoms with Gasteiger partial charge in [-0.3, -0.25) is 9.48 Å². The van der Waals surface area contributed by atoms with Crippen LogP contribution >= 0.6 is 0 Å². The summed E-state index contributed by atoms with van der Waals surface area (Å²) in [6.07, 6.45) is 2.19. The van der Waals surface area contributed by atoms with Crippen LogP contribution in [0.4, 0.5) is 19.0 Å². The van der Waals surface area contributed by atoms with Crippen LogP contribution in [0.25, 0.3) is 21.9 Å². The second kappa shape index (κ2) is 7.58. The number of hydrogen-bond acceptors (Lipinski definition) is 4. The summed E-state index contributed by atoms with van der Waals surface area (Å²) in [6, 6.07) is 7.81. The van der Waals surface area contributed by atoms with Crippen molar-refractivity contribution in [2.24, 2.45) is 18.4 Å². The molecule has 2 aliphatic rings. The molecule has 1 aromatic carbocycles. The maximum atomic E-state index is 13.2. The first-order valence-corrected chi connectivity index (χ1v) is 10.7. The Labute approximate surface area is 183 Å². The number of aromatic nitrogens is 3. The van der Waals surface area contributed by atoms with E-state index < -0.39 is 11.6 Å². The number of aryl methyl sites for hydroxylation is 1. The molecule has 1 saturated carbocycles. The molecule has 0 bridgehead atoms. The van der Waals surface area contributed by atoms with E-state index >= 15 is 0 Å². The second-order valence-corrected chi connectivity index (χ2v) is 9.02. The summed E-state index contributed by atoms with van der Waals surface area (Å²) in [5.74, 6) is -0.0869. The monoisotopic (exact) mass is 443 g/mol. The Morgan fingerprint density at radius 2 is 2.00 bits per heavy atom. The molecule has 1 unspecified atom stereocenters. The topological polar surface area (TPSA) is 63.1 Å². The maximum Gasteiger partial charge on any atom is 0.395 e. The van der Waals surface area contributed by atoms with E-state index in [9.17, 15) is 18.0 Å². The van der Waals surface area contributed by atoms with E-state index in [1.807, 2.05) is 37.5 Å². The minimum Gasteiger partial charge on any atom is -0.310 e. The van der Waals surface area contributed by atoms with E-state index in [4.69, 9.17) is 0 Å². The van der Waals surface area contributed by atoms with Crippen molar-refractivity contribution in [3.05, 3.63) is 42.9 Å². The van der Waals surface area contributed by atoms with Gasteiger partial charge in [0.2, 0.25) is 5.91 Å². The number of carbonyl (C=O) groups is 1. The second-order valence-electron chi connectivity index (χ2n) is 9.02. The van der Waals surface area contributed by atoms with Crippen molar-refractivity contribution >= 4 is 22.5 Å². The third-order valence-corrected chi connectivity index (χ3v) is 6.64. The van der Waals surface area contributed by atoms with Gasteiger partial charge in [-0.15, -0.1) is 0 Å². The van der Waals surface area contributed by atoms with E-state index in [0.717, 1.165) is 21.9 Å². The number of alkyl halides is 3. The van der Waals surface area contributed by atoms with Crippen molar-refractivity contribution in [3.8, 4) is 11.1 Å². The Kier molecular flexibility index (Phi) is 4.96. The maximum absolute atomic E-state index is 13.2. The van der Waals surface area contributed by atoms with Gasteiger partial charge in [0.05, 0.1) is 17.5 Å². The Morgan fingerprint density at radius 1 is 1.19 bits per heavy atom. The molecule has 3 aromatic rings. The van der Waals surface area contributed by atoms with Crippen molar-refractivity contribution in [2.75, 3.05) is 25.0 Å². The lowest BCUT2D eigenvalue weighted by Crippen LogP contribution is -2.38. The highest BCUT2D eigenvalue weighted by Gasteiger charge is 2.63. The van der Waals surface area contributed by atoms with Gasteiger partial charge in [-0.2, -0.15) is 18.3 Å². The van der Waals surface area contributed by atoms with Crippen LogP contribution in [-0.4, -0.2) is 51.4 Å². The van der Waals surface area contributed by atoms with Gasteiger partial charge in [-0.1, -0.05) is 12.1 Å². The number of anilines is 1. The molecule has 2 aromatic heterocycles. The third-order valence-electron chi connectivity index (χ3n) is 6.64. The van der Waals surface area contributed by atoms with Crippen molar-refractivity contribution in [1.82, 2.24) is 19.7 Å². The van der Waals surface area contributed by atoms with Crippen molar-refractivity contribution in [1.29, 1.82) is 0 Å². The van der Waals surface area contributed by atoms with Gasteiger partial charge < -0.3 is 10.2 Å². The zero-order valence-corrected chi connectivity index (χ0v) is 17.7. The Morgan fingerprint density at radius 3 is 2.69 bits per heavy atom. The quantitative estimate of drug-likeness (QED) is 0.641. The zero-order valence-electron chi connectivity index (χ0n) is 17.7. The van der Waals surface area contributed by atoms with Gasteiger partial charge >= 0.3 is 6.18 Å². The lowest BCUT2D eigenvalue weighted by atomic mass is 10.0. The predicted octanol–water partition coefficient (Wildman–Crippen LogP) is 4.24. The standard InChI is InChI=1S/C23H24F3N5O/c1-30-12-19(11-28-30)15-2-3-16-10-27-20(9-18(16)8-15)29-21(32)17-4-7-31(13-17)14-22(5-6-22)23(24,25)26/h2-3,8-12,17H,4-7,13-14H2,1H3,(H,27,29,32).